The summed E-state index contributed by atoms with van der Waals surface area (Å²) in [5.41, 5.74) is 1.09. The number of hydrogen-bond donors (Lipinski definition) is 0. The second-order valence-corrected chi connectivity index (χ2v) is 5.70. The molecule has 6 nitrogen and oxygen atoms in total. The molecule has 3 rings (SSSR count). The molecular weight excluding hydrogens is 268 g/mol. The van der Waals surface area contributed by atoms with Crippen LogP contribution in [0.1, 0.15) is 24.5 Å². The highest BCUT2D eigenvalue weighted by molar-refractivity contribution is 5.78. The van der Waals surface area contributed by atoms with Crippen LogP contribution >= 0.6 is 0 Å². The number of piperidine rings is 1. The fraction of sp³-hybridized carbons (Fsp3) is 0.667. The molecule has 1 aromatic heterocycles. The highest BCUT2D eigenvalue weighted by Crippen LogP contribution is 2.24. The molecule has 1 unspecified atom stereocenters. The molecule has 0 aliphatic carbocycles. The number of nitrogens with zero attached hydrogens (tertiary/aromatic N) is 4. The molecule has 2 saturated heterocycles. The Hall–Kier alpha value is -1.53. The maximum atomic E-state index is 12.3. The fourth-order valence-electron chi connectivity index (χ4n) is 3.09. The maximum Gasteiger partial charge on any atom is 0.236 e. The van der Waals surface area contributed by atoms with E-state index in [1.54, 1.807) is 12.5 Å². The van der Waals surface area contributed by atoms with E-state index < -0.39 is 0 Å². The van der Waals surface area contributed by atoms with E-state index in [0.717, 1.165) is 44.7 Å². The van der Waals surface area contributed by atoms with Gasteiger partial charge in [-0.2, -0.15) is 0 Å². The average Bonchev–Trinajstić information content (AvgIpc) is 2.57. The van der Waals surface area contributed by atoms with Gasteiger partial charge < -0.3 is 9.64 Å². The zero-order valence-electron chi connectivity index (χ0n) is 12.3. The van der Waals surface area contributed by atoms with Crippen LogP contribution in [0.15, 0.2) is 18.6 Å². The van der Waals surface area contributed by atoms with Crippen molar-refractivity contribution in [1.29, 1.82) is 0 Å². The van der Waals surface area contributed by atoms with Crippen molar-refractivity contribution in [3.8, 4) is 0 Å². The minimum absolute atomic E-state index is 0.224. The first-order valence-electron chi connectivity index (χ1n) is 7.67. The van der Waals surface area contributed by atoms with Gasteiger partial charge in [-0.15, -0.1) is 0 Å². The molecule has 0 spiro atoms. The second kappa shape index (κ2) is 6.95. The molecule has 114 valence electrons. The number of carbonyl (C=O) groups is 1. The first-order valence-corrected chi connectivity index (χ1v) is 7.67. The molecule has 0 aromatic carbocycles. The van der Waals surface area contributed by atoms with E-state index >= 15 is 0 Å². The van der Waals surface area contributed by atoms with Crippen LogP contribution in [0.2, 0.25) is 0 Å². The zero-order valence-corrected chi connectivity index (χ0v) is 12.3. The van der Waals surface area contributed by atoms with E-state index in [0.29, 0.717) is 25.7 Å². The summed E-state index contributed by atoms with van der Waals surface area (Å²) in [6, 6.07) is 1.98. The van der Waals surface area contributed by atoms with Gasteiger partial charge in [0.15, 0.2) is 0 Å². The average molecular weight is 290 g/mol. The lowest BCUT2D eigenvalue weighted by Crippen LogP contribution is -2.47. The smallest absolute Gasteiger partial charge is 0.236 e. The topological polar surface area (TPSA) is 58.6 Å². The van der Waals surface area contributed by atoms with Crippen LogP contribution in [-0.2, 0) is 9.53 Å². The second-order valence-electron chi connectivity index (χ2n) is 5.70. The predicted molar refractivity (Wildman–Crippen MR) is 77.8 cm³/mol. The van der Waals surface area contributed by atoms with Crippen molar-refractivity contribution in [2.75, 3.05) is 45.9 Å². The van der Waals surface area contributed by atoms with Crippen molar-refractivity contribution in [3.05, 3.63) is 24.3 Å². The van der Waals surface area contributed by atoms with E-state index in [1.165, 1.54) is 0 Å². The molecule has 21 heavy (non-hydrogen) atoms. The van der Waals surface area contributed by atoms with Crippen LogP contribution in [0.5, 0.6) is 0 Å². The lowest BCUT2D eigenvalue weighted by atomic mass is 9.94. The van der Waals surface area contributed by atoms with Gasteiger partial charge in [0, 0.05) is 37.4 Å². The molecule has 2 aliphatic rings. The Kier molecular flexibility index (Phi) is 4.77. The summed E-state index contributed by atoms with van der Waals surface area (Å²) in [7, 11) is 0. The number of morpholine rings is 1. The summed E-state index contributed by atoms with van der Waals surface area (Å²) in [6.07, 6.45) is 5.65. The molecule has 2 aliphatic heterocycles. The van der Waals surface area contributed by atoms with E-state index in [1.807, 2.05) is 11.0 Å². The van der Waals surface area contributed by atoms with Crippen molar-refractivity contribution in [1.82, 2.24) is 19.8 Å². The normalized spacial score (nSPS) is 24.0. The summed E-state index contributed by atoms with van der Waals surface area (Å²) >= 11 is 0. The first-order chi connectivity index (χ1) is 10.3. The van der Waals surface area contributed by atoms with E-state index in [9.17, 15) is 4.79 Å². The van der Waals surface area contributed by atoms with Crippen molar-refractivity contribution < 1.29 is 9.53 Å². The number of hydrogen-bond acceptors (Lipinski definition) is 5. The summed E-state index contributed by atoms with van der Waals surface area (Å²) in [6.45, 7) is 5.20. The summed E-state index contributed by atoms with van der Waals surface area (Å²) < 4.78 is 5.29. The van der Waals surface area contributed by atoms with Crippen LogP contribution in [0.25, 0.3) is 0 Å². The van der Waals surface area contributed by atoms with Crippen LogP contribution < -0.4 is 0 Å². The number of amides is 1. The van der Waals surface area contributed by atoms with Gasteiger partial charge in [0.1, 0.15) is 6.33 Å². The molecule has 1 atom stereocenters. The third-order valence-electron chi connectivity index (χ3n) is 4.25. The largest absolute Gasteiger partial charge is 0.378 e. The summed E-state index contributed by atoms with van der Waals surface area (Å²) in [5.74, 6) is 0.640. The third-order valence-corrected chi connectivity index (χ3v) is 4.25. The predicted octanol–water partition coefficient (Wildman–Crippen LogP) is 0.515. The molecule has 1 aromatic rings. The van der Waals surface area contributed by atoms with Gasteiger partial charge in [0.25, 0.3) is 0 Å². The van der Waals surface area contributed by atoms with Crippen LogP contribution in [0.3, 0.4) is 0 Å². The van der Waals surface area contributed by atoms with Crippen LogP contribution in [0.4, 0.5) is 0 Å². The Morgan fingerprint density at radius 3 is 2.95 bits per heavy atom. The Bertz CT molecular complexity index is 462. The molecule has 1 amide bonds. The zero-order chi connectivity index (χ0) is 14.5. The molecule has 0 radical (unpaired) electrons. The van der Waals surface area contributed by atoms with Crippen molar-refractivity contribution in [2.45, 2.75) is 18.8 Å². The van der Waals surface area contributed by atoms with Crippen molar-refractivity contribution in [3.63, 3.8) is 0 Å². The number of rotatable bonds is 3. The lowest BCUT2D eigenvalue weighted by Gasteiger charge is -2.34. The fourth-order valence-corrected chi connectivity index (χ4v) is 3.09. The van der Waals surface area contributed by atoms with E-state index in [2.05, 4.69) is 14.9 Å². The van der Waals surface area contributed by atoms with Crippen LogP contribution in [-0.4, -0.2) is 71.6 Å². The monoisotopic (exact) mass is 290 g/mol. The van der Waals surface area contributed by atoms with E-state index in [-0.39, 0.29) is 5.91 Å². The lowest BCUT2D eigenvalue weighted by molar-refractivity contribution is -0.136. The minimum atomic E-state index is 0.224. The summed E-state index contributed by atoms with van der Waals surface area (Å²) in [4.78, 5) is 24.8. The SMILES string of the molecule is O=C(CN1CCCC(c2ccncn2)C1)N1CCOCC1. The van der Waals surface area contributed by atoms with Gasteiger partial charge in [-0.25, -0.2) is 9.97 Å². The highest BCUT2D eigenvalue weighted by atomic mass is 16.5. The molecular formula is C15H22N4O2. The van der Waals surface area contributed by atoms with Gasteiger partial charge in [0.05, 0.1) is 19.8 Å². The number of ether oxygens (including phenoxy) is 1. The maximum absolute atomic E-state index is 12.3. The van der Waals surface area contributed by atoms with Gasteiger partial charge in [-0.1, -0.05) is 0 Å². The minimum Gasteiger partial charge on any atom is -0.378 e. The molecule has 0 saturated carbocycles. The Morgan fingerprint density at radius 1 is 1.33 bits per heavy atom. The van der Waals surface area contributed by atoms with Crippen molar-refractivity contribution in [2.24, 2.45) is 0 Å². The third kappa shape index (κ3) is 3.77. The molecule has 6 heteroatoms. The first kappa shape index (κ1) is 14.4. The molecule has 3 heterocycles. The van der Waals surface area contributed by atoms with Gasteiger partial charge in [0.2, 0.25) is 5.91 Å². The quantitative estimate of drug-likeness (QED) is 0.812. The molecule has 0 N–H and O–H groups in total. The number of carbonyl (C=O) groups excluding carboxylic acids is 1. The molecule has 2 fully saturated rings. The molecule has 0 bridgehead atoms. The Labute approximate surface area is 125 Å². The van der Waals surface area contributed by atoms with Crippen LogP contribution in [0, 0.1) is 0 Å². The van der Waals surface area contributed by atoms with Crippen molar-refractivity contribution >= 4 is 5.91 Å². The standard InChI is InChI=1S/C15H22N4O2/c20-15(19-6-8-21-9-7-19)11-18-5-1-2-13(10-18)14-3-4-16-12-17-14/h3-4,12-13H,1-2,5-11H2. The number of likely N-dealkylation sites (tertiary alicyclic amines) is 1. The number of aromatic nitrogens is 2. The Balaban J connectivity index is 1.55. The highest BCUT2D eigenvalue weighted by Gasteiger charge is 2.25. The summed E-state index contributed by atoms with van der Waals surface area (Å²) in [5, 5.41) is 0. The Morgan fingerprint density at radius 2 is 2.19 bits per heavy atom. The van der Waals surface area contributed by atoms with Gasteiger partial charge in [-0.05, 0) is 25.5 Å². The van der Waals surface area contributed by atoms with Gasteiger partial charge in [-0.3, -0.25) is 9.69 Å². The van der Waals surface area contributed by atoms with E-state index in [4.69, 9.17) is 4.74 Å². The van der Waals surface area contributed by atoms with Gasteiger partial charge >= 0.3 is 0 Å².